The predicted octanol–water partition coefficient (Wildman–Crippen LogP) is 0.318. The molecule has 0 aromatic heterocycles. The first kappa shape index (κ1) is 9.09. The van der Waals surface area contributed by atoms with Gasteiger partial charge in [0.15, 0.2) is 6.10 Å². The Morgan fingerprint density at radius 3 is 2.93 bits per heavy atom. The van der Waals surface area contributed by atoms with Gasteiger partial charge in [0.1, 0.15) is 11.9 Å². The molecule has 0 aromatic carbocycles. The van der Waals surface area contributed by atoms with E-state index in [0.717, 1.165) is 6.42 Å². The number of rotatable bonds is 2. The Kier molecular flexibility index (Phi) is 1.77. The molecule has 1 saturated heterocycles. The highest BCUT2D eigenvalue weighted by Crippen LogP contribution is 2.48. The van der Waals surface area contributed by atoms with Crippen LogP contribution in [-0.4, -0.2) is 31.1 Å². The maximum absolute atomic E-state index is 11.8. The summed E-state index contributed by atoms with van der Waals surface area (Å²) in [6.45, 7) is 0. The third-order valence-corrected chi connectivity index (χ3v) is 3.58. The number of epoxide rings is 1. The van der Waals surface area contributed by atoms with Crippen LogP contribution < -0.4 is 0 Å². The Bertz CT molecular complexity index is 360. The minimum atomic E-state index is -0.503. The van der Waals surface area contributed by atoms with E-state index in [1.54, 1.807) is 0 Å². The Labute approximate surface area is 87.2 Å². The number of ether oxygens (including phenoxy) is 2. The number of carbonyl (C=O) groups is 2. The van der Waals surface area contributed by atoms with Gasteiger partial charge >= 0.3 is 5.97 Å². The minimum absolute atomic E-state index is 0.0718. The van der Waals surface area contributed by atoms with Crippen molar-refractivity contribution in [3.05, 3.63) is 12.2 Å². The van der Waals surface area contributed by atoms with Crippen molar-refractivity contribution < 1.29 is 19.1 Å². The zero-order valence-corrected chi connectivity index (χ0v) is 8.38. The van der Waals surface area contributed by atoms with Crippen molar-refractivity contribution in [2.24, 2.45) is 17.8 Å². The lowest BCUT2D eigenvalue weighted by atomic mass is 9.88. The second kappa shape index (κ2) is 2.92. The molecule has 0 aromatic rings. The molecule has 15 heavy (non-hydrogen) atoms. The van der Waals surface area contributed by atoms with Gasteiger partial charge in [-0.15, -0.1) is 0 Å². The first-order chi connectivity index (χ1) is 7.22. The summed E-state index contributed by atoms with van der Waals surface area (Å²) in [5.41, 5.74) is 0. The molecular formula is C11H12O4. The van der Waals surface area contributed by atoms with Gasteiger partial charge < -0.3 is 9.47 Å². The van der Waals surface area contributed by atoms with E-state index in [9.17, 15) is 9.59 Å². The molecule has 4 nitrogen and oxygen atoms in total. The van der Waals surface area contributed by atoms with E-state index < -0.39 is 6.10 Å². The SMILES string of the molecule is COC(=O)[C@@H]1O[C@@H]1[C@@H]1C(=O)[C@@H]2C=C[C@H]1C2. The van der Waals surface area contributed by atoms with Gasteiger partial charge in [0.25, 0.3) is 0 Å². The van der Waals surface area contributed by atoms with Gasteiger partial charge in [-0.25, -0.2) is 4.79 Å². The van der Waals surface area contributed by atoms with E-state index in [-0.39, 0.29) is 35.6 Å². The molecule has 0 amide bonds. The molecule has 0 N–H and O–H groups in total. The molecule has 4 heteroatoms. The lowest BCUT2D eigenvalue weighted by molar-refractivity contribution is -0.142. The molecule has 0 unspecified atom stereocenters. The Morgan fingerprint density at radius 1 is 1.53 bits per heavy atom. The molecule has 0 spiro atoms. The van der Waals surface area contributed by atoms with Gasteiger partial charge in [-0.05, 0) is 12.3 Å². The average molecular weight is 208 g/mol. The van der Waals surface area contributed by atoms with Crippen molar-refractivity contribution in [3.63, 3.8) is 0 Å². The summed E-state index contributed by atoms with van der Waals surface area (Å²) < 4.78 is 9.83. The quantitative estimate of drug-likeness (QED) is 0.372. The van der Waals surface area contributed by atoms with Crippen LogP contribution in [0.15, 0.2) is 12.2 Å². The molecule has 2 bridgehead atoms. The molecule has 0 radical (unpaired) electrons. The maximum Gasteiger partial charge on any atom is 0.337 e. The van der Waals surface area contributed by atoms with E-state index in [4.69, 9.17) is 4.74 Å². The van der Waals surface area contributed by atoms with Crippen molar-refractivity contribution in [2.45, 2.75) is 18.6 Å². The number of ketones is 1. The summed E-state index contributed by atoms with van der Waals surface area (Å²) in [4.78, 5) is 23.0. The summed E-state index contributed by atoms with van der Waals surface area (Å²) in [5.74, 6) is 0.118. The highest BCUT2D eigenvalue weighted by atomic mass is 16.6. The minimum Gasteiger partial charge on any atom is -0.467 e. The van der Waals surface area contributed by atoms with Crippen LogP contribution in [0.2, 0.25) is 0 Å². The van der Waals surface area contributed by atoms with Gasteiger partial charge in [0.2, 0.25) is 0 Å². The van der Waals surface area contributed by atoms with Crippen LogP contribution in [0.1, 0.15) is 6.42 Å². The van der Waals surface area contributed by atoms with Crippen LogP contribution in [0.4, 0.5) is 0 Å². The van der Waals surface area contributed by atoms with E-state index in [1.807, 2.05) is 6.08 Å². The molecule has 1 saturated carbocycles. The second-order valence-electron chi connectivity index (χ2n) is 4.36. The highest BCUT2D eigenvalue weighted by Gasteiger charge is 2.59. The molecular weight excluding hydrogens is 196 g/mol. The van der Waals surface area contributed by atoms with Crippen LogP contribution in [0.5, 0.6) is 0 Å². The lowest BCUT2D eigenvalue weighted by Crippen LogP contribution is -2.27. The zero-order chi connectivity index (χ0) is 10.6. The summed E-state index contributed by atoms with van der Waals surface area (Å²) in [6, 6.07) is 0. The Morgan fingerprint density at radius 2 is 2.33 bits per heavy atom. The number of carbonyl (C=O) groups excluding carboxylic acids is 2. The van der Waals surface area contributed by atoms with Crippen LogP contribution in [0.25, 0.3) is 0 Å². The normalized spacial score (nSPS) is 45.9. The first-order valence-corrected chi connectivity index (χ1v) is 5.17. The third-order valence-electron chi connectivity index (χ3n) is 3.58. The van der Waals surface area contributed by atoms with Crippen LogP contribution >= 0.6 is 0 Å². The van der Waals surface area contributed by atoms with Crippen molar-refractivity contribution in [3.8, 4) is 0 Å². The van der Waals surface area contributed by atoms with E-state index in [0.29, 0.717) is 0 Å². The fraction of sp³-hybridized carbons (Fsp3) is 0.636. The summed E-state index contributed by atoms with van der Waals surface area (Å²) in [6.07, 6.45) is 4.21. The average Bonchev–Trinajstić information content (AvgIpc) is 2.76. The molecule has 1 heterocycles. The molecule has 3 rings (SSSR count). The summed E-state index contributed by atoms with van der Waals surface area (Å²) >= 11 is 0. The zero-order valence-electron chi connectivity index (χ0n) is 8.38. The van der Waals surface area contributed by atoms with Gasteiger partial charge in [-0.2, -0.15) is 0 Å². The smallest absolute Gasteiger partial charge is 0.337 e. The van der Waals surface area contributed by atoms with Crippen molar-refractivity contribution in [1.82, 2.24) is 0 Å². The first-order valence-electron chi connectivity index (χ1n) is 5.17. The van der Waals surface area contributed by atoms with E-state index >= 15 is 0 Å². The van der Waals surface area contributed by atoms with Crippen molar-refractivity contribution >= 4 is 11.8 Å². The molecule has 5 atom stereocenters. The number of Topliss-reactive ketones (excluding diaryl/α,β-unsaturated/α-hetero) is 1. The third kappa shape index (κ3) is 1.17. The topological polar surface area (TPSA) is 55.9 Å². The number of methoxy groups -OCH3 is 1. The van der Waals surface area contributed by atoms with E-state index in [2.05, 4.69) is 10.8 Å². The Balaban J connectivity index is 1.73. The van der Waals surface area contributed by atoms with Crippen molar-refractivity contribution in [2.75, 3.05) is 7.11 Å². The molecule has 3 aliphatic rings. The number of esters is 1. The van der Waals surface area contributed by atoms with Gasteiger partial charge in [-0.1, -0.05) is 12.2 Å². The summed E-state index contributed by atoms with van der Waals surface area (Å²) in [5, 5.41) is 0. The predicted molar refractivity (Wildman–Crippen MR) is 49.9 cm³/mol. The number of allylic oxidation sites excluding steroid dienone is 2. The molecule has 1 aliphatic heterocycles. The molecule has 2 aliphatic carbocycles. The fourth-order valence-electron chi connectivity index (χ4n) is 2.77. The second-order valence-corrected chi connectivity index (χ2v) is 4.36. The van der Waals surface area contributed by atoms with Crippen LogP contribution in [0, 0.1) is 17.8 Å². The van der Waals surface area contributed by atoms with Crippen LogP contribution in [0.3, 0.4) is 0 Å². The Hall–Kier alpha value is -1.16. The fourth-order valence-corrected chi connectivity index (χ4v) is 2.77. The molecule has 80 valence electrons. The highest BCUT2D eigenvalue weighted by molar-refractivity contribution is 5.91. The maximum atomic E-state index is 11.8. The largest absolute Gasteiger partial charge is 0.467 e. The summed E-state index contributed by atoms with van der Waals surface area (Å²) in [7, 11) is 1.34. The van der Waals surface area contributed by atoms with Crippen molar-refractivity contribution in [1.29, 1.82) is 0 Å². The number of fused-ring (bicyclic) bond motifs is 2. The number of hydrogen-bond donors (Lipinski definition) is 0. The molecule has 2 fully saturated rings. The van der Waals surface area contributed by atoms with Gasteiger partial charge in [0.05, 0.1) is 13.0 Å². The standard InChI is InChI=1S/C11H12O4/c1-14-11(13)10-9(15-10)7-5-2-3-6(4-5)8(7)12/h2-3,5-7,9-10H,4H2,1H3/t5-,6+,7-,9+,10+/m0/s1. The van der Waals surface area contributed by atoms with Gasteiger partial charge in [0, 0.05) is 5.92 Å². The van der Waals surface area contributed by atoms with E-state index in [1.165, 1.54) is 7.11 Å². The van der Waals surface area contributed by atoms with Gasteiger partial charge in [-0.3, -0.25) is 4.79 Å². The lowest BCUT2D eigenvalue weighted by Gasteiger charge is -2.13. The number of hydrogen-bond acceptors (Lipinski definition) is 4. The monoisotopic (exact) mass is 208 g/mol. The van der Waals surface area contributed by atoms with Crippen LogP contribution in [-0.2, 0) is 19.1 Å².